The van der Waals surface area contributed by atoms with Crippen molar-refractivity contribution >= 4 is 29.8 Å². The third kappa shape index (κ3) is 6.14. The molecule has 2 aliphatic heterocycles. The van der Waals surface area contributed by atoms with E-state index in [1.807, 2.05) is 0 Å². The van der Waals surface area contributed by atoms with Crippen molar-refractivity contribution in [1.82, 2.24) is 5.32 Å². The molecule has 0 spiro atoms. The van der Waals surface area contributed by atoms with Gasteiger partial charge in [-0.3, -0.25) is 19.2 Å². The molecule has 2 heterocycles. The smallest absolute Gasteiger partial charge is 0.343 e. The monoisotopic (exact) mass is 461 g/mol. The fraction of sp³-hybridized carbons (Fsp3) is 0.737. The van der Waals surface area contributed by atoms with Crippen LogP contribution in [0.2, 0.25) is 0 Å². The van der Waals surface area contributed by atoms with Crippen LogP contribution < -0.4 is 5.32 Å². The Kier molecular flexibility index (Phi) is 8.15. The summed E-state index contributed by atoms with van der Waals surface area (Å²) in [6.45, 7) is 5.68. The average Bonchev–Trinajstić information content (AvgIpc) is 3.33. The largest absolute Gasteiger partial charge is 0.467 e. The van der Waals surface area contributed by atoms with Crippen molar-refractivity contribution in [3.8, 4) is 0 Å². The van der Waals surface area contributed by atoms with Crippen LogP contribution in [-0.4, -0.2) is 86.0 Å². The van der Waals surface area contributed by atoms with Gasteiger partial charge in [-0.1, -0.05) is 0 Å². The van der Waals surface area contributed by atoms with Gasteiger partial charge < -0.3 is 38.5 Å². The Balaban J connectivity index is 2.37. The van der Waals surface area contributed by atoms with E-state index in [9.17, 15) is 24.0 Å². The van der Waals surface area contributed by atoms with Crippen LogP contribution in [0.5, 0.6) is 0 Å². The Labute approximate surface area is 183 Å². The lowest BCUT2D eigenvalue weighted by atomic mass is 9.96. The molecule has 0 bridgehead atoms. The normalized spacial score (nSPS) is 33.4. The molecule has 1 amide bonds. The van der Waals surface area contributed by atoms with Crippen molar-refractivity contribution in [2.45, 2.75) is 77.2 Å². The van der Waals surface area contributed by atoms with Gasteiger partial charge in [0, 0.05) is 27.7 Å². The van der Waals surface area contributed by atoms with Crippen molar-refractivity contribution in [1.29, 1.82) is 0 Å². The zero-order valence-corrected chi connectivity index (χ0v) is 18.6. The molecular weight excluding hydrogens is 434 g/mol. The summed E-state index contributed by atoms with van der Waals surface area (Å²) in [6, 6.07) is -1.17. The lowest BCUT2D eigenvalue weighted by molar-refractivity contribution is -0.286. The maximum absolute atomic E-state index is 11.9. The van der Waals surface area contributed by atoms with E-state index in [4.69, 9.17) is 28.4 Å². The van der Waals surface area contributed by atoms with Crippen LogP contribution in [0, 0.1) is 0 Å². The van der Waals surface area contributed by atoms with Gasteiger partial charge in [-0.15, -0.1) is 0 Å². The second kappa shape index (κ2) is 10.2. The van der Waals surface area contributed by atoms with Crippen LogP contribution in [0.4, 0.5) is 0 Å². The molecule has 2 saturated heterocycles. The van der Waals surface area contributed by atoms with E-state index in [2.05, 4.69) is 10.1 Å². The van der Waals surface area contributed by atoms with Crippen molar-refractivity contribution in [3.05, 3.63) is 0 Å². The Morgan fingerprint density at radius 2 is 1.53 bits per heavy atom. The minimum absolute atomic E-state index is 0.377. The molecule has 2 fully saturated rings. The van der Waals surface area contributed by atoms with E-state index >= 15 is 0 Å². The van der Waals surface area contributed by atoms with Crippen molar-refractivity contribution < 1.29 is 57.1 Å². The molecule has 0 aliphatic carbocycles. The summed E-state index contributed by atoms with van der Waals surface area (Å²) in [5.41, 5.74) is -1.41. The van der Waals surface area contributed by atoms with Gasteiger partial charge in [0.05, 0.1) is 7.11 Å². The summed E-state index contributed by atoms with van der Waals surface area (Å²) >= 11 is 0. The number of esters is 4. The van der Waals surface area contributed by atoms with Gasteiger partial charge in [0.25, 0.3) is 0 Å². The van der Waals surface area contributed by atoms with Crippen molar-refractivity contribution in [2.24, 2.45) is 0 Å². The van der Waals surface area contributed by atoms with Gasteiger partial charge in [-0.25, -0.2) is 4.79 Å². The molecule has 2 rings (SSSR count). The summed E-state index contributed by atoms with van der Waals surface area (Å²) in [4.78, 5) is 58.6. The molecule has 13 nitrogen and oxygen atoms in total. The molecule has 0 saturated carbocycles. The summed E-state index contributed by atoms with van der Waals surface area (Å²) in [6.07, 6.45) is -6.10. The number of ether oxygens (including phenoxy) is 7. The second-order valence-electron chi connectivity index (χ2n) is 7.40. The first-order valence-corrected chi connectivity index (χ1v) is 9.71. The van der Waals surface area contributed by atoms with Gasteiger partial charge in [-0.05, 0) is 6.92 Å². The quantitative estimate of drug-likeness (QED) is 0.265. The molecule has 13 heteroatoms. The molecule has 0 aromatic rings. The van der Waals surface area contributed by atoms with Crippen LogP contribution in [0.15, 0.2) is 0 Å². The second-order valence-corrected chi connectivity index (χ2v) is 7.40. The molecule has 32 heavy (non-hydrogen) atoms. The standard InChI is InChI=1S/C19H27NO12/c1-8(21)20-13-15(29-11(4)24)14(28-10(3)23)12(7-27-9(2)22)30-16(13)31-18-19(5,32-18)17(25)26-6/h12-16,18H,7H2,1-6H3,(H,20,21)/t12-,13-,14-,15-,16+,18-,19+/m1/s1. The third-order valence-corrected chi connectivity index (χ3v) is 4.66. The first kappa shape index (κ1) is 25.5. The Hall–Kier alpha value is -2.77. The maximum atomic E-state index is 11.9. The summed E-state index contributed by atoms with van der Waals surface area (Å²) in [5, 5.41) is 2.54. The molecule has 0 radical (unpaired) electrons. The number of nitrogens with one attached hydrogen (secondary N) is 1. The number of carbonyl (C=O) groups is 5. The summed E-state index contributed by atoms with van der Waals surface area (Å²) < 4.78 is 37.1. The van der Waals surface area contributed by atoms with Crippen LogP contribution in [0.25, 0.3) is 0 Å². The highest BCUT2D eigenvalue weighted by molar-refractivity contribution is 5.82. The molecular formula is C19H27NO12. The van der Waals surface area contributed by atoms with Gasteiger partial charge in [0.15, 0.2) is 18.5 Å². The van der Waals surface area contributed by atoms with Crippen molar-refractivity contribution in [3.63, 3.8) is 0 Å². The Morgan fingerprint density at radius 3 is 2.03 bits per heavy atom. The number of epoxide rings is 1. The number of carbonyl (C=O) groups excluding carboxylic acids is 5. The van der Waals surface area contributed by atoms with E-state index in [1.165, 1.54) is 27.9 Å². The summed E-state index contributed by atoms with van der Waals surface area (Å²) in [5.74, 6) is -3.33. The molecule has 1 N–H and O–H groups in total. The fourth-order valence-corrected chi connectivity index (χ4v) is 3.22. The molecule has 7 atom stereocenters. The van der Waals surface area contributed by atoms with Gasteiger partial charge >= 0.3 is 23.9 Å². The molecule has 0 unspecified atom stereocenters. The van der Waals surface area contributed by atoms with E-state index in [0.29, 0.717) is 0 Å². The predicted molar refractivity (Wildman–Crippen MR) is 100 cm³/mol. The molecule has 2 aliphatic rings. The van der Waals surface area contributed by atoms with Gasteiger partial charge in [-0.2, -0.15) is 0 Å². The highest BCUT2D eigenvalue weighted by atomic mass is 16.8. The van der Waals surface area contributed by atoms with Crippen molar-refractivity contribution in [2.75, 3.05) is 13.7 Å². The topological polar surface area (TPSA) is 165 Å². The number of amides is 1. The Morgan fingerprint density at radius 1 is 0.938 bits per heavy atom. The van der Waals surface area contributed by atoms with E-state index in [0.717, 1.165) is 13.8 Å². The number of hydrogen-bond donors (Lipinski definition) is 1. The zero-order chi connectivity index (χ0) is 24.2. The molecule has 180 valence electrons. The molecule has 0 aromatic carbocycles. The average molecular weight is 461 g/mol. The maximum Gasteiger partial charge on any atom is 0.343 e. The minimum Gasteiger partial charge on any atom is -0.467 e. The van der Waals surface area contributed by atoms with E-state index < -0.39 is 72.3 Å². The van der Waals surface area contributed by atoms with Gasteiger partial charge in [0.1, 0.15) is 18.8 Å². The highest BCUT2D eigenvalue weighted by Crippen LogP contribution is 2.40. The van der Waals surface area contributed by atoms with Crippen LogP contribution in [0.3, 0.4) is 0 Å². The van der Waals surface area contributed by atoms with Crippen LogP contribution in [0.1, 0.15) is 34.6 Å². The predicted octanol–water partition coefficient (Wildman–Crippen LogP) is -1.05. The number of methoxy groups -OCH3 is 1. The highest BCUT2D eigenvalue weighted by Gasteiger charge is 2.64. The van der Waals surface area contributed by atoms with E-state index in [-0.39, 0.29) is 6.61 Å². The third-order valence-electron chi connectivity index (χ3n) is 4.66. The van der Waals surface area contributed by atoms with Crippen LogP contribution in [-0.2, 0) is 57.1 Å². The lowest BCUT2D eigenvalue weighted by Gasteiger charge is -2.44. The number of rotatable bonds is 8. The van der Waals surface area contributed by atoms with E-state index in [1.54, 1.807) is 0 Å². The number of hydrogen-bond acceptors (Lipinski definition) is 12. The minimum atomic E-state index is -1.41. The Bertz CT molecular complexity index is 769. The SMILES string of the molecule is COC(=O)[C@]1(C)O[C@H]1O[C@@H]1O[C@H](COC(C)=O)[C@@H](OC(C)=O)[C@H](OC(C)=O)[C@H]1NC(C)=O. The van der Waals surface area contributed by atoms with Crippen LogP contribution >= 0.6 is 0 Å². The summed E-state index contributed by atoms with van der Waals surface area (Å²) in [7, 11) is 1.18. The first-order chi connectivity index (χ1) is 14.9. The lowest BCUT2D eigenvalue weighted by Crippen LogP contribution is -2.66. The van der Waals surface area contributed by atoms with Gasteiger partial charge in [0.2, 0.25) is 17.8 Å². The molecule has 0 aromatic heterocycles. The fourth-order valence-electron chi connectivity index (χ4n) is 3.22. The zero-order valence-electron chi connectivity index (χ0n) is 18.6. The first-order valence-electron chi connectivity index (χ1n) is 9.71.